The van der Waals surface area contributed by atoms with Crippen molar-refractivity contribution >= 4 is 23.5 Å². The Morgan fingerprint density at radius 1 is 1.00 bits per heavy atom. The summed E-state index contributed by atoms with van der Waals surface area (Å²) in [4.78, 5) is 40.4. The van der Waals surface area contributed by atoms with Crippen LogP contribution in [-0.2, 0) is 19.1 Å². The summed E-state index contributed by atoms with van der Waals surface area (Å²) in [6, 6.07) is 16.3. The number of ether oxygens (including phenoxy) is 1. The predicted molar refractivity (Wildman–Crippen MR) is 102 cm³/mol. The van der Waals surface area contributed by atoms with Gasteiger partial charge < -0.3 is 4.74 Å². The van der Waals surface area contributed by atoms with Crippen molar-refractivity contribution in [2.45, 2.75) is 26.7 Å². The molecular weight excluding hydrogens is 342 g/mol. The third-order valence-electron chi connectivity index (χ3n) is 5.26. The number of aryl methyl sites for hydroxylation is 1. The van der Waals surface area contributed by atoms with Gasteiger partial charge in [0.15, 0.2) is 0 Å². The SMILES string of the molecule is COC(=O)C1C(=O)N(c2ccc(C)cc2)C(=O)C(C)(C)C1c1ccccc1. The van der Waals surface area contributed by atoms with Gasteiger partial charge in [-0.15, -0.1) is 0 Å². The highest BCUT2D eigenvalue weighted by Crippen LogP contribution is 2.48. The quantitative estimate of drug-likeness (QED) is 0.475. The fourth-order valence-electron chi connectivity index (χ4n) is 3.79. The van der Waals surface area contributed by atoms with Crippen LogP contribution in [0.25, 0.3) is 0 Å². The number of piperidine rings is 1. The third kappa shape index (κ3) is 3.14. The molecule has 0 aliphatic carbocycles. The lowest BCUT2D eigenvalue weighted by atomic mass is 9.64. The molecule has 0 spiro atoms. The van der Waals surface area contributed by atoms with Crippen molar-refractivity contribution in [3.05, 3.63) is 65.7 Å². The van der Waals surface area contributed by atoms with Crippen LogP contribution in [0.15, 0.2) is 54.6 Å². The first-order chi connectivity index (χ1) is 12.8. The van der Waals surface area contributed by atoms with Crippen molar-refractivity contribution in [3.63, 3.8) is 0 Å². The highest BCUT2D eigenvalue weighted by Gasteiger charge is 2.57. The summed E-state index contributed by atoms with van der Waals surface area (Å²) < 4.78 is 4.95. The number of nitrogens with zero attached hydrogens (tertiary/aromatic N) is 1. The van der Waals surface area contributed by atoms with E-state index in [0.717, 1.165) is 16.0 Å². The van der Waals surface area contributed by atoms with Crippen LogP contribution in [0, 0.1) is 18.3 Å². The van der Waals surface area contributed by atoms with Gasteiger partial charge in [0.1, 0.15) is 5.92 Å². The lowest BCUT2D eigenvalue weighted by Gasteiger charge is -2.45. The molecule has 1 heterocycles. The van der Waals surface area contributed by atoms with Crippen molar-refractivity contribution in [2.75, 3.05) is 12.0 Å². The van der Waals surface area contributed by atoms with Crippen LogP contribution < -0.4 is 4.90 Å². The fraction of sp³-hybridized carbons (Fsp3) is 0.318. The lowest BCUT2D eigenvalue weighted by Crippen LogP contribution is -2.59. The molecule has 3 rings (SSSR count). The highest BCUT2D eigenvalue weighted by atomic mass is 16.5. The van der Waals surface area contributed by atoms with Crippen LogP contribution in [-0.4, -0.2) is 24.9 Å². The van der Waals surface area contributed by atoms with Gasteiger partial charge in [-0.2, -0.15) is 0 Å². The van der Waals surface area contributed by atoms with Crippen molar-refractivity contribution < 1.29 is 19.1 Å². The predicted octanol–water partition coefficient (Wildman–Crippen LogP) is 3.47. The summed E-state index contributed by atoms with van der Waals surface area (Å²) in [5, 5.41) is 0. The number of amides is 2. The minimum Gasteiger partial charge on any atom is -0.468 e. The molecule has 1 saturated heterocycles. The van der Waals surface area contributed by atoms with E-state index < -0.39 is 29.1 Å². The number of benzene rings is 2. The zero-order valence-electron chi connectivity index (χ0n) is 15.9. The Hall–Kier alpha value is -2.95. The van der Waals surface area contributed by atoms with Crippen LogP contribution in [0.2, 0.25) is 0 Å². The Morgan fingerprint density at radius 2 is 1.59 bits per heavy atom. The molecule has 5 heteroatoms. The number of esters is 1. The molecular formula is C22H23NO4. The van der Waals surface area contributed by atoms with Crippen LogP contribution in [0.4, 0.5) is 5.69 Å². The van der Waals surface area contributed by atoms with E-state index in [2.05, 4.69) is 0 Å². The number of carbonyl (C=O) groups is 3. The maximum absolute atomic E-state index is 13.3. The van der Waals surface area contributed by atoms with Gasteiger partial charge in [0.25, 0.3) is 0 Å². The van der Waals surface area contributed by atoms with Gasteiger partial charge in [-0.25, -0.2) is 4.90 Å². The Labute approximate surface area is 158 Å². The van der Waals surface area contributed by atoms with Gasteiger partial charge in [0.05, 0.1) is 18.2 Å². The second-order valence-electron chi connectivity index (χ2n) is 7.43. The number of methoxy groups -OCH3 is 1. The van der Waals surface area contributed by atoms with Crippen molar-refractivity contribution in [3.8, 4) is 0 Å². The number of imide groups is 1. The molecule has 0 bridgehead atoms. The molecule has 1 fully saturated rings. The standard InChI is InChI=1S/C22H23NO4/c1-14-10-12-16(13-11-14)23-19(24)17(20(25)27-4)18(22(2,3)21(23)26)15-8-6-5-7-9-15/h5-13,17-18H,1-4H3. The average Bonchev–Trinajstić information content (AvgIpc) is 2.66. The number of anilines is 1. The monoisotopic (exact) mass is 365 g/mol. The molecule has 140 valence electrons. The van der Waals surface area contributed by atoms with Crippen molar-refractivity contribution in [1.29, 1.82) is 0 Å². The molecule has 0 N–H and O–H groups in total. The molecule has 2 unspecified atom stereocenters. The number of hydrogen-bond acceptors (Lipinski definition) is 4. The summed E-state index contributed by atoms with van der Waals surface area (Å²) in [7, 11) is 1.26. The van der Waals surface area contributed by atoms with E-state index in [4.69, 9.17) is 4.74 Å². The maximum Gasteiger partial charge on any atom is 0.318 e. The second kappa shape index (κ2) is 6.99. The van der Waals surface area contributed by atoms with Crippen molar-refractivity contribution in [2.24, 2.45) is 11.3 Å². The van der Waals surface area contributed by atoms with E-state index in [0.29, 0.717) is 5.69 Å². The molecule has 0 radical (unpaired) electrons. The minimum atomic E-state index is -1.09. The van der Waals surface area contributed by atoms with Gasteiger partial charge in [0.2, 0.25) is 11.8 Å². The summed E-state index contributed by atoms with van der Waals surface area (Å²) in [5.41, 5.74) is 1.27. The molecule has 5 nitrogen and oxygen atoms in total. The zero-order chi connectivity index (χ0) is 19.8. The van der Waals surface area contributed by atoms with Crippen molar-refractivity contribution in [1.82, 2.24) is 0 Å². The molecule has 2 aromatic rings. The Balaban J connectivity index is 2.16. The van der Waals surface area contributed by atoms with E-state index in [1.807, 2.05) is 49.4 Å². The van der Waals surface area contributed by atoms with E-state index in [-0.39, 0.29) is 5.91 Å². The summed E-state index contributed by atoms with van der Waals surface area (Å²) in [6.07, 6.45) is 0. The van der Waals surface area contributed by atoms with E-state index >= 15 is 0 Å². The van der Waals surface area contributed by atoms with Crippen LogP contribution in [0.1, 0.15) is 30.9 Å². The molecule has 2 amide bonds. The molecule has 0 aromatic heterocycles. The van der Waals surface area contributed by atoms with E-state index in [1.54, 1.807) is 26.0 Å². The Bertz CT molecular complexity index is 871. The number of carbonyl (C=O) groups excluding carboxylic acids is 3. The average molecular weight is 365 g/mol. The minimum absolute atomic E-state index is 0.328. The highest BCUT2D eigenvalue weighted by molar-refractivity contribution is 6.24. The largest absolute Gasteiger partial charge is 0.468 e. The maximum atomic E-state index is 13.3. The smallest absolute Gasteiger partial charge is 0.318 e. The van der Waals surface area contributed by atoms with Gasteiger partial charge in [-0.3, -0.25) is 14.4 Å². The van der Waals surface area contributed by atoms with Gasteiger partial charge in [-0.05, 0) is 24.6 Å². The molecule has 0 saturated carbocycles. The van der Waals surface area contributed by atoms with Crippen LogP contribution >= 0.6 is 0 Å². The zero-order valence-corrected chi connectivity index (χ0v) is 15.9. The topological polar surface area (TPSA) is 63.7 Å². The normalized spacial score (nSPS) is 21.9. The number of rotatable bonds is 3. The summed E-state index contributed by atoms with van der Waals surface area (Å²) in [5.74, 6) is -3.21. The van der Waals surface area contributed by atoms with E-state index in [9.17, 15) is 14.4 Å². The van der Waals surface area contributed by atoms with Gasteiger partial charge >= 0.3 is 5.97 Å². The molecule has 1 aliphatic rings. The van der Waals surface area contributed by atoms with Crippen LogP contribution in [0.5, 0.6) is 0 Å². The van der Waals surface area contributed by atoms with Crippen LogP contribution in [0.3, 0.4) is 0 Å². The summed E-state index contributed by atoms with van der Waals surface area (Å²) >= 11 is 0. The van der Waals surface area contributed by atoms with Gasteiger partial charge in [0, 0.05) is 5.92 Å². The molecule has 1 aliphatic heterocycles. The molecule has 2 atom stereocenters. The second-order valence-corrected chi connectivity index (χ2v) is 7.43. The first-order valence-electron chi connectivity index (χ1n) is 8.87. The Morgan fingerprint density at radius 3 is 2.15 bits per heavy atom. The summed E-state index contributed by atoms with van der Waals surface area (Å²) in [6.45, 7) is 5.48. The first kappa shape index (κ1) is 18.8. The molecule has 2 aromatic carbocycles. The lowest BCUT2D eigenvalue weighted by molar-refractivity contribution is -0.156. The first-order valence-corrected chi connectivity index (χ1v) is 8.87. The fourth-order valence-corrected chi connectivity index (χ4v) is 3.79. The van der Waals surface area contributed by atoms with E-state index in [1.165, 1.54) is 7.11 Å². The van der Waals surface area contributed by atoms with Gasteiger partial charge in [-0.1, -0.05) is 61.9 Å². The Kier molecular flexibility index (Phi) is 4.87. The third-order valence-corrected chi connectivity index (χ3v) is 5.26. The number of hydrogen-bond donors (Lipinski definition) is 0. The molecule has 27 heavy (non-hydrogen) atoms.